The number of allylic oxidation sites excluding steroid dienone is 2. The molecular weight excluding hydrogens is 302 g/mol. The van der Waals surface area contributed by atoms with Crippen LogP contribution in [0.1, 0.15) is 76.2 Å². The molecule has 1 aromatic carbocycles. The molecule has 2 aliphatic rings. The van der Waals surface area contributed by atoms with Gasteiger partial charge < -0.3 is 0 Å². The summed E-state index contributed by atoms with van der Waals surface area (Å²) >= 11 is 0. The molecule has 0 saturated heterocycles. The second kappa shape index (κ2) is 8.27. The molecule has 0 bridgehead atoms. The SMILES string of the molecule is CC[C@H]1CC[C@H](/C=C/[C@H]2CC[C@H](c3ccc(F)c(F)c3)CC2)CC1. The molecular formula is C22H30F2. The molecule has 132 valence electrons. The highest BCUT2D eigenvalue weighted by Crippen LogP contribution is 2.37. The highest BCUT2D eigenvalue weighted by molar-refractivity contribution is 5.22. The number of hydrogen-bond acceptors (Lipinski definition) is 0. The highest BCUT2D eigenvalue weighted by Gasteiger charge is 2.23. The van der Waals surface area contributed by atoms with Gasteiger partial charge in [-0.05, 0) is 92.7 Å². The molecule has 2 heteroatoms. The van der Waals surface area contributed by atoms with Gasteiger partial charge in [0.1, 0.15) is 0 Å². The summed E-state index contributed by atoms with van der Waals surface area (Å²) < 4.78 is 26.5. The molecule has 0 aliphatic heterocycles. The van der Waals surface area contributed by atoms with Crippen LogP contribution in [0, 0.1) is 29.4 Å². The van der Waals surface area contributed by atoms with Gasteiger partial charge >= 0.3 is 0 Å². The fraction of sp³-hybridized carbons (Fsp3) is 0.636. The first kappa shape index (κ1) is 17.6. The zero-order chi connectivity index (χ0) is 16.9. The Morgan fingerprint density at radius 1 is 0.833 bits per heavy atom. The van der Waals surface area contributed by atoms with E-state index in [0.29, 0.717) is 11.8 Å². The molecule has 3 rings (SSSR count). The summed E-state index contributed by atoms with van der Waals surface area (Å²) in [5.74, 6) is 1.36. The molecule has 0 spiro atoms. The Morgan fingerprint density at radius 3 is 1.96 bits per heavy atom. The van der Waals surface area contributed by atoms with Gasteiger partial charge in [-0.2, -0.15) is 0 Å². The van der Waals surface area contributed by atoms with E-state index in [1.165, 1.54) is 57.1 Å². The van der Waals surface area contributed by atoms with Gasteiger partial charge in [0.05, 0.1) is 0 Å². The predicted octanol–water partition coefficient (Wildman–Crippen LogP) is 7.01. The molecule has 0 N–H and O–H groups in total. The zero-order valence-electron chi connectivity index (χ0n) is 14.8. The fourth-order valence-electron chi connectivity index (χ4n) is 4.51. The van der Waals surface area contributed by atoms with E-state index in [1.807, 2.05) is 0 Å². The zero-order valence-corrected chi connectivity index (χ0v) is 14.8. The van der Waals surface area contributed by atoms with Crippen molar-refractivity contribution in [3.05, 3.63) is 47.5 Å². The van der Waals surface area contributed by atoms with Gasteiger partial charge in [-0.3, -0.25) is 0 Å². The summed E-state index contributed by atoms with van der Waals surface area (Å²) in [7, 11) is 0. The molecule has 24 heavy (non-hydrogen) atoms. The van der Waals surface area contributed by atoms with Crippen LogP contribution >= 0.6 is 0 Å². The molecule has 0 atom stereocenters. The third-order valence-corrected chi connectivity index (χ3v) is 6.31. The summed E-state index contributed by atoms with van der Waals surface area (Å²) in [6, 6.07) is 4.41. The lowest BCUT2D eigenvalue weighted by atomic mass is 9.77. The highest BCUT2D eigenvalue weighted by atomic mass is 19.2. The average Bonchev–Trinajstić information content (AvgIpc) is 2.63. The van der Waals surface area contributed by atoms with Crippen LogP contribution in [0.25, 0.3) is 0 Å². The van der Waals surface area contributed by atoms with Crippen LogP contribution in [0.2, 0.25) is 0 Å². The summed E-state index contributed by atoms with van der Waals surface area (Å²) in [5, 5.41) is 0. The molecule has 0 heterocycles. The topological polar surface area (TPSA) is 0 Å². The summed E-state index contributed by atoms with van der Waals surface area (Å²) in [6.45, 7) is 2.31. The van der Waals surface area contributed by atoms with E-state index in [9.17, 15) is 8.78 Å². The van der Waals surface area contributed by atoms with E-state index in [0.717, 1.165) is 30.2 Å². The maximum Gasteiger partial charge on any atom is 0.159 e. The van der Waals surface area contributed by atoms with Crippen LogP contribution in [-0.2, 0) is 0 Å². The third-order valence-electron chi connectivity index (χ3n) is 6.31. The van der Waals surface area contributed by atoms with Crippen molar-refractivity contribution >= 4 is 0 Å². The molecule has 2 aliphatic carbocycles. The Bertz CT molecular complexity index is 547. The van der Waals surface area contributed by atoms with Crippen molar-refractivity contribution < 1.29 is 8.78 Å². The molecule has 2 fully saturated rings. The van der Waals surface area contributed by atoms with Gasteiger partial charge in [0, 0.05) is 0 Å². The normalized spacial score (nSPS) is 31.5. The summed E-state index contributed by atoms with van der Waals surface area (Å²) in [5.41, 5.74) is 0.967. The van der Waals surface area contributed by atoms with Crippen LogP contribution in [0.4, 0.5) is 8.78 Å². The lowest BCUT2D eigenvalue weighted by Gasteiger charge is -2.28. The first-order valence-corrected chi connectivity index (χ1v) is 9.79. The lowest BCUT2D eigenvalue weighted by molar-refractivity contribution is 0.301. The Kier molecular flexibility index (Phi) is 6.08. The smallest absolute Gasteiger partial charge is 0.159 e. The maximum absolute atomic E-state index is 13.4. The van der Waals surface area contributed by atoms with Crippen LogP contribution in [0.15, 0.2) is 30.4 Å². The number of benzene rings is 1. The van der Waals surface area contributed by atoms with Crippen LogP contribution in [-0.4, -0.2) is 0 Å². The second-order valence-corrected chi connectivity index (χ2v) is 7.86. The standard InChI is InChI=1S/C22H30F2/c1-2-16-3-5-17(6-4-16)7-8-18-9-11-19(12-10-18)20-13-14-21(23)22(24)15-20/h7-8,13-19H,2-6,9-12H2,1H3/b8-7+/t16-,17-,18-,19-. The maximum atomic E-state index is 13.4. The fourth-order valence-corrected chi connectivity index (χ4v) is 4.51. The molecule has 0 aromatic heterocycles. The Balaban J connectivity index is 1.46. The first-order valence-electron chi connectivity index (χ1n) is 9.79. The van der Waals surface area contributed by atoms with E-state index in [1.54, 1.807) is 6.07 Å². The minimum Gasteiger partial charge on any atom is -0.204 e. The van der Waals surface area contributed by atoms with Crippen molar-refractivity contribution in [2.45, 2.75) is 70.6 Å². The number of hydrogen-bond donors (Lipinski definition) is 0. The minimum atomic E-state index is -0.742. The van der Waals surface area contributed by atoms with Crippen LogP contribution in [0.3, 0.4) is 0 Å². The Labute approximate surface area is 145 Å². The van der Waals surface area contributed by atoms with Crippen molar-refractivity contribution in [3.63, 3.8) is 0 Å². The Morgan fingerprint density at radius 2 is 1.42 bits per heavy atom. The molecule has 0 nitrogen and oxygen atoms in total. The van der Waals surface area contributed by atoms with Gasteiger partial charge in [0.15, 0.2) is 11.6 Å². The lowest BCUT2D eigenvalue weighted by Crippen LogP contribution is -2.14. The van der Waals surface area contributed by atoms with Gasteiger partial charge in [-0.15, -0.1) is 0 Å². The van der Waals surface area contributed by atoms with Crippen molar-refractivity contribution in [2.24, 2.45) is 17.8 Å². The minimum absolute atomic E-state index is 0.393. The van der Waals surface area contributed by atoms with Crippen molar-refractivity contribution in [2.75, 3.05) is 0 Å². The quantitative estimate of drug-likeness (QED) is 0.520. The van der Waals surface area contributed by atoms with Gasteiger partial charge in [-0.1, -0.05) is 31.6 Å². The summed E-state index contributed by atoms with van der Waals surface area (Å²) in [6.07, 6.45) is 16.3. The molecule has 0 unspecified atom stereocenters. The molecule has 0 radical (unpaired) electrons. The number of halogens is 2. The number of rotatable bonds is 4. The first-order chi connectivity index (χ1) is 11.7. The predicted molar refractivity (Wildman–Crippen MR) is 95.9 cm³/mol. The average molecular weight is 332 g/mol. The van der Waals surface area contributed by atoms with Crippen molar-refractivity contribution in [3.8, 4) is 0 Å². The Hall–Kier alpha value is -1.18. The van der Waals surface area contributed by atoms with Gasteiger partial charge in [0.2, 0.25) is 0 Å². The van der Waals surface area contributed by atoms with Gasteiger partial charge in [0.25, 0.3) is 0 Å². The monoisotopic (exact) mass is 332 g/mol. The van der Waals surface area contributed by atoms with Crippen LogP contribution < -0.4 is 0 Å². The van der Waals surface area contributed by atoms with Gasteiger partial charge in [-0.25, -0.2) is 8.78 Å². The second-order valence-electron chi connectivity index (χ2n) is 7.86. The van der Waals surface area contributed by atoms with E-state index < -0.39 is 11.6 Å². The largest absolute Gasteiger partial charge is 0.204 e. The molecule has 1 aromatic rings. The van der Waals surface area contributed by atoms with Crippen LogP contribution in [0.5, 0.6) is 0 Å². The molecule has 0 amide bonds. The van der Waals surface area contributed by atoms with E-state index >= 15 is 0 Å². The molecule has 2 saturated carbocycles. The van der Waals surface area contributed by atoms with E-state index in [-0.39, 0.29) is 0 Å². The third kappa shape index (κ3) is 4.46. The van der Waals surface area contributed by atoms with Crippen molar-refractivity contribution in [1.29, 1.82) is 0 Å². The van der Waals surface area contributed by atoms with Crippen molar-refractivity contribution in [1.82, 2.24) is 0 Å². The summed E-state index contributed by atoms with van der Waals surface area (Å²) in [4.78, 5) is 0. The van der Waals surface area contributed by atoms with E-state index in [4.69, 9.17) is 0 Å². The van der Waals surface area contributed by atoms with E-state index in [2.05, 4.69) is 19.1 Å².